The van der Waals surface area contributed by atoms with Crippen LogP contribution in [0.4, 0.5) is 4.79 Å². The van der Waals surface area contributed by atoms with E-state index in [9.17, 15) is 14.4 Å². The number of imide groups is 1. The van der Waals surface area contributed by atoms with E-state index in [4.69, 9.17) is 18.9 Å². The number of nitrogens with one attached hydrogen (secondary N) is 2. The molecule has 2 aromatic rings. The molecule has 0 saturated carbocycles. The average molecular weight is 428 g/mol. The first kappa shape index (κ1) is 23.3. The van der Waals surface area contributed by atoms with Gasteiger partial charge in [-0.05, 0) is 12.1 Å². The van der Waals surface area contributed by atoms with Crippen LogP contribution < -0.4 is 24.8 Å². The highest BCUT2D eigenvalue weighted by Gasteiger charge is 2.25. The van der Waals surface area contributed by atoms with Crippen molar-refractivity contribution in [2.24, 2.45) is 0 Å². The van der Waals surface area contributed by atoms with Crippen LogP contribution in [0.3, 0.4) is 0 Å². The second-order valence-corrected chi connectivity index (χ2v) is 6.08. The minimum absolute atomic E-state index is 0.411. The van der Waals surface area contributed by atoms with E-state index in [-0.39, 0.29) is 0 Å². The number of hydrogen-bond donors (Lipinski definition) is 2. The van der Waals surface area contributed by atoms with Crippen LogP contribution in [0.15, 0.2) is 48.5 Å². The van der Waals surface area contributed by atoms with Crippen molar-refractivity contribution in [2.45, 2.75) is 6.10 Å². The molecule has 2 rings (SSSR count). The van der Waals surface area contributed by atoms with E-state index in [2.05, 4.69) is 10.6 Å². The first-order chi connectivity index (χ1) is 14.9. The number of hydrogen-bond acceptors (Lipinski definition) is 7. The fourth-order valence-corrected chi connectivity index (χ4v) is 2.64. The third kappa shape index (κ3) is 6.23. The number of urea groups is 1. The highest BCUT2D eigenvalue weighted by atomic mass is 16.5. The van der Waals surface area contributed by atoms with Crippen molar-refractivity contribution in [1.29, 1.82) is 0 Å². The lowest BCUT2D eigenvalue weighted by molar-refractivity contribution is -0.151. The maximum absolute atomic E-state index is 12.5. The van der Waals surface area contributed by atoms with Crippen LogP contribution in [0.25, 0.3) is 6.08 Å². The molecule has 9 nitrogen and oxygen atoms in total. The molecule has 0 bridgehead atoms. The zero-order valence-electron chi connectivity index (χ0n) is 17.6. The van der Waals surface area contributed by atoms with Gasteiger partial charge in [0.2, 0.25) is 6.10 Å². The van der Waals surface area contributed by atoms with Gasteiger partial charge in [0.15, 0.2) is 11.5 Å². The molecule has 3 amide bonds. The number of carbonyl (C=O) groups is 3. The van der Waals surface area contributed by atoms with Gasteiger partial charge in [0, 0.05) is 30.3 Å². The van der Waals surface area contributed by atoms with Crippen molar-refractivity contribution in [3.63, 3.8) is 0 Å². The molecule has 0 aromatic heterocycles. The molecule has 2 aromatic carbocycles. The average Bonchev–Trinajstić information content (AvgIpc) is 2.80. The zero-order valence-corrected chi connectivity index (χ0v) is 17.6. The minimum atomic E-state index is -1.32. The fourth-order valence-electron chi connectivity index (χ4n) is 2.64. The van der Waals surface area contributed by atoms with Gasteiger partial charge in [-0.3, -0.25) is 10.1 Å². The van der Waals surface area contributed by atoms with Gasteiger partial charge >= 0.3 is 12.0 Å². The number of methoxy groups -OCH3 is 3. The Morgan fingerprint density at radius 2 is 1.52 bits per heavy atom. The standard InChI is InChI=1S/C22H24N2O7/c1-23-22(27)24-21(26)20(14-8-6-5-7-9-14)31-19(25)11-10-15-12-17(29-3)18(30-4)13-16(15)28-2/h5-13,20H,1-4H3,(H2,23,24,26,27)/b11-10+. The molecule has 1 atom stereocenters. The SMILES string of the molecule is CNC(=O)NC(=O)C(OC(=O)/C=C/c1cc(OC)c(OC)cc1OC)c1ccccc1. The van der Waals surface area contributed by atoms with Gasteiger partial charge in [0.25, 0.3) is 5.91 Å². The van der Waals surface area contributed by atoms with Crippen molar-refractivity contribution >= 4 is 24.0 Å². The van der Waals surface area contributed by atoms with Gasteiger partial charge in [-0.1, -0.05) is 30.3 Å². The summed E-state index contributed by atoms with van der Waals surface area (Å²) < 4.78 is 21.1. The van der Waals surface area contributed by atoms with Gasteiger partial charge in [-0.2, -0.15) is 0 Å². The summed E-state index contributed by atoms with van der Waals surface area (Å²) in [4.78, 5) is 36.4. The summed E-state index contributed by atoms with van der Waals surface area (Å²) in [7, 11) is 5.83. The molecule has 1 unspecified atom stereocenters. The van der Waals surface area contributed by atoms with Crippen LogP contribution in [-0.4, -0.2) is 46.3 Å². The maximum Gasteiger partial charge on any atom is 0.331 e. The summed E-state index contributed by atoms with van der Waals surface area (Å²) in [5.74, 6) is -0.218. The summed E-state index contributed by atoms with van der Waals surface area (Å²) in [5, 5.41) is 4.39. The molecule has 31 heavy (non-hydrogen) atoms. The third-order valence-corrected chi connectivity index (χ3v) is 4.17. The molecule has 9 heteroatoms. The molecule has 0 heterocycles. The van der Waals surface area contributed by atoms with E-state index in [0.29, 0.717) is 28.4 Å². The first-order valence-corrected chi connectivity index (χ1v) is 9.19. The number of amides is 3. The largest absolute Gasteiger partial charge is 0.496 e. The summed E-state index contributed by atoms with van der Waals surface area (Å²) in [6, 6.07) is 10.9. The van der Waals surface area contributed by atoms with Crippen molar-refractivity contribution in [3.05, 3.63) is 59.7 Å². The van der Waals surface area contributed by atoms with Gasteiger partial charge in [-0.15, -0.1) is 0 Å². The highest BCUT2D eigenvalue weighted by molar-refractivity contribution is 5.98. The lowest BCUT2D eigenvalue weighted by Gasteiger charge is -2.16. The Morgan fingerprint density at radius 1 is 0.903 bits per heavy atom. The Balaban J connectivity index is 2.25. The molecule has 0 aliphatic carbocycles. The first-order valence-electron chi connectivity index (χ1n) is 9.19. The van der Waals surface area contributed by atoms with Gasteiger partial charge in [-0.25, -0.2) is 9.59 Å². The Bertz CT molecular complexity index is 958. The fraction of sp³-hybridized carbons (Fsp3) is 0.227. The van der Waals surface area contributed by atoms with Crippen molar-refractivity contribution < 1.29 is 33.3 Å². The number of benzene rings is 2. The van der Waals surface area contributed by atoms with Crippen LogP contribution in [0, 0.1) is 0 Å². The predicted octanol–water partition coefficient (Wildman–Crippen LogP) is 2.47. The van der Waals surface area contributed by atoms with Gasteiger partial charge in [0.05, 0.1) is 21.3 Å². The number of carbonyl (C=O) groups excluding carboxylic acids is 3. The summed E-state index contributed by atoms with van der Waals surface area (Å²) >= 11 is 0. The number of rotatable bonds is 8. The minimum Gasteiger partial charge on any atom is -0.496 e. The summed E-state index contributed by atoms with van der Waals surface area (Å²) in [6.07, 6.45) is 1.29. The van der Waals surface area contributed by atoms with E-state index in [1.54, 1.807) is 42.5 Å². The second-order valence-electron chi connectivity index (χ2n) is 6.08. The predicted molar refractivity (Wildman–Crippen MR) is 113 cm³/mol. The third-order valence-electron chi connectivity index (χ3n) is 4.17. The Morgan fingerprint density at radius 3 is 2.10 bits per heavy atom. The second kappa shape index (κ2) is 11.2. The summed E-state index contributed by atoms with van der Waals surface area (Å²) in [5.41, 5.74) is 0.942. The monoisotopic (exact) mass is 428 g/mol. The normalized spacial score (nSPS) is 11.4. The van der Waals surface area contributed by atoms with E-state index in [1.807, 2.05) is 0 Å². The molecule has 0 aliphatic rings. The number of ether oxygens (including phenoxy) is 4. The molecule has 0 spiro atoms. The van der Waals surface area contributed by atoms with Gasteiger partial charge < -0.3 is 24.3 Å². The van der Waals surface area contributed by atoms with Crippen molar-refractivity contribution in [1.82, 2.24) is 10.6 Å². The lowest BCUT2D eigenvalue weighted by atomic mass is 10.1. The Labute approximate surface area is 179 Å². The van der Waals surface area contributed by atoms with Gasteiger partial charge in [0.1, 0.15) is 5.75 Å². The molecule has 0 saturated heterocycles. The van der Waals surface area contributed by atoms with Crippen LogP contribution in [0.2, 0.25) is 0 Å². The smallest absolute Gasteiger partial charge is 0.331 e. The highest BCUT2D eigenvalue weighted by Crippen LogP contribution is 2.35. The maximum atomic E-state index is 12.5. The quantitative estimate of drug-likeness (QED) is 0.491. The molecule has 2 N–H and O–H groups in total. The Kier molecular flexibility index (Phi) is 8.44. The lowest BCUT2D eigenvalue weighted by Crippen LogP contribution is -2.41. The molecule has 0 fully saturated rings. The van der Waals surface area contributed by atoms with Crippen molar-refractivity contribution in [3.8, 4) is 17.2 Å². The van der Waals surface area contributed by atoms with Crippen LogP contribution in [0.5, 0.6) is 17.2 Å². The summed E-state index contributed by atoms with van der Waals surface area (Å²) in [6.45, 7) is 0. The van der Waals surface area contributed by atoms with E-state index in [0.717, 1.165) is 6.08 Å². The van der Waals surface area contributed by atoms with Crippen LogP contribution in [-0.2, 0) is 14.3 Å². The van der Waals surface area contributed by atoms with Crippen molar-refractivity contribution in [2.75, 3.05) is 28.4 Å². The van der Waals surface area contributed by atoms with E-state index in [1.165, 1.54) is 34.5 Å². The number of esters is 1. The topological polar surface area (TPSA) is 112 Å². The van der Waals surface area contributed by atoms with Crippen LogP contribution >= 0.6 is 0 Å². The van der Waals surface area contributed by atoms with E-state index >= 15 is 0 Å². The van der Waals surface area contributed by atoms with E-state index < -0.39 is 24.0 Å². The molecular weight excluding hydrogens is 404 g/mol. The molecule has 0 radical (unpaired) electrons. The molecule has 0 aliphatic heterocycles. The van der Waals surface area contributed by atoms with Crippen LogP contribution in [0.1, 0.15) is 17.2 Å². The molecule has 164 valence electrons. The molecular formula is C22H24N2O7. The zero-order chi connectivity index (χ0) is 22.8. The Hall–Kier alpha value is -4.01.